The first kappa shape index (κ1) is 16.2. The third kappa shape index (κ3) is 3.06. The minimum atomic E-state index is -0.122. The highest BCUT2D eigenvalue weighted by Crippen LogP contribution is 2.46. The molecule has 124 valence electrons. The summed E-state index contributed by atoms with van der Waals surface area (Å²) in [7, 11) is 4.19. The van der Waals surface area contributed by atoms with Gasteiger partial charge >= 0.3 is 0 Å². The summed E-state index contributed by atoms with van der Waals surface area (Å²) in [6.45, 7) is 8.96. The van der Waals surface area contributed by atoms with Gasteiger partial charge in [0.1, 0.15) is 0 Å². The summed E-state index contributed by atoms with van der Waals surface area (Å²) in [6.07, 6.45) is 1.86. The van der Waals surface area contributed by atoms with Crippen molar-refractivity contribution in [2.24, 2.45) is 0 Å². The predicted molar refractivity (Wildman–Crippen MR) is 94.9 cm³/mol. The van der Waals surface area contributed by atoms with Crippen LogP contribution in [0.3, 0.4) is 0 Å². The van der Waals surface area contributed by atoms with E-state index in [0.29, 0.717) is 6.54 Å². The summed E-state index contributed by atoms with van der Waals surface area (Å²) in [5.41, 5.74) is 3.47. The summed E-state index contributed by atoms with van der Waals surface area (Å²) >= 11 is 0. The zero-order valence-electron chi connectivity index (χ0n) is 14.7. The van der Waals surface area contributed by atoms with Gasteiger partial charge in [0, 0.05) is 56.1 Å². The first-order valence-electron chi connectivity index (χ1n) is 8.39. The largest absolute Gasteiger partial charge is 0.347 e. The molecule has 2 aliphatic rings. The molecule has 0 aromatic heterocycles. The molecule has 0 aliphatic carbocycles. The molecule has 0 spiro atoms. The fraction of sp³-hybridized carbons (Fsp3) is 0.526. The molecule has 0 unspecified atom stereocenters. The molecule has 0 N–H and O–H groups in total. The number of benzene rings is 1. The van der Waals surface area contributed by atoms with Crippen LogP contribution in [0, 0.1) is 0 Å². The van der Waals surface area contributed by atoms with Crippen LogP contribution in [0.1, 0.15) is 19.4 Å². The Morgan fingerprint density at radius 1 is 1.13 bits per heavy atom. The van der Waals surface area contributed by atoms with Crippen LogP contribution in [-0.4, -0.2) is 62.4 Å². The van der Waals surface area contributed by atoms with Crippen molar-refractivity contribution in [2.75, 3.05) is 51.7 Å². The van der Waals surface area contributed by atoms with Gasteiger partial charge in [-0.25, -0.2) is 0 Å². The number of piperazine rings is 1. The van der Waals surface area contributed by atoms with E-state index in [1.54, 1.807) is 0 Å². The van der Waals surface area contributed by atoms with Crippen molar-refractivity contribution in [1.29, 1.82) is 0 Å². The molecule has 4 heteroatoms. The number of likely N-dealkylation sites (N-methyl/N-ethyl adjacent to an activating group) is 2. The lowest BCUT2D eigenvalue weighted by molar-refractivity contribution is -0.116. The van der Waals surface area contributed by atoms with E-state index in [2.05, 4.69) is 66.9 Å². The molecule has 4 nitrogen and oxygen atoms in total. The maximum Gasteiger partial charge on any atom is 0.171 e. The number of nitrogens with zero attached hydrogens (tertiary/aromatic N) is 3. The molecule has 0 bridgehead atoms. The summed E-state index contributed by atoms with van der Waals surface area (Å²) in [5, 5.41) is 0. The second-order valence-corrected chi connectivity index (χ2v) is 7.28. The van der Waals surface area contributed by atoms with Crippen molar-refractivity contribution in [3.05, 3.63) is 41.6 Å². The summed E-state index contributed by atoms with van der Waals surface area (Å²) in [6, 6.07) is 8.42. The molecule has 1 aromatic carbocycles. The standard InChI is InChI=1S/C19H27N3O/c1-19(2)16-7-5-6-8-17(16)21(4)18(19)13-15(23)14-22-11-9-20(3)10-12-22/h5-8,13H,9-12,14H2,1-4H3/b18-13-. The third-order valence-corrected chi connectivity index (χ3v) is 5.21. The van der Waals surface area contributed by atoms with E-state index in [1.165, 1.54) is 11.3 Å². The molecule has 0 saturated carbocycles. The molecule has 23 heavy (non-hydrogen) atoms. The van der Waals surface area contributed by atoms with E-state index in [0.717, 1.165) is 31.9 Å². The van der Waals surface area contributed by atoms with E-state index in [1.807, 2.05) is 6.08 Å². The van der Waals surface area contributed by atoms with Gasteiger partial charge < -0.3 is 9.80 Å². The Bertz CT molecular complexity index is 627. The van der Waals surface area contributed by atoms with Crippen LogP contribution in [0.4, 0.5) is 5.69 Å². The zero-order chi connectivity index (χ0) is 16.6. The van der Waals surface area contributed by atoms with Crippen LogP contribution in [0.5, 0.6) is 0 Å². The molecule has 2 heterocycles. The van der Waals surface area contributed by atoms with Crippen molar-refractivity contribution in [3.8, 4) is 0 Å². The van der Waals surface area contributed by atoms with Gasteiger partial charge in [-0.3, -0.25) is 9.69 Å². The van der Waals surface area contributed by atoms with Crippen molar-refractivity contribution >= 4 is 11.5 Å². The van der Waals surface area contributed by atoms with Gasteiger partial charge in [-0.15, -0.1) is 0 Å². The molecule has 1 fully saturated rings. The highest BCUT2D eigenvalue weighted by molar-refractivity contribution is 5.94. The normalized spacial score (nSPS) is 23.3. The topological polar surface area (TPSA) is 26.8 Å². The number of allylic oxidation sites excluding steroid dienone is 1. The average Bonchev–Trinajstić information content (AvgIpc) is 2.71. The second-order valence-electron chi connectivity index (χ2n) is 7.28. The molecule has 2 aliphatic heterocycles. The van der Waals surface area contributed by atoms with E-state index in [4.69, 9.17) is 0 Å². The highest BCUT2D eigenvalue weighted by Gasteiger charge is 2.38. The minimum absolute atomic E-state index is 0.122. The van der Waals surface area contributed by atoms with Gasteiger partial charge in [0.05, 0.1) is 6.54 Å². The maximum absolute atomic E-state index is 12.6. The van der Waals surface area contributed by atoms with E-state index in [9.17, 15) is 4.79 Å². The highest BCUT2D eigenvalue weighted by atomic mass is 16.1. The van der Waals surface area contributed by atoms with Crippen LogP contribution >= 0.6 is 0 Å². The van der Waals surface area contributed by atoms with Gasteiger partial charge in [0.25, 0.3) is 0 Å². The Hall–Kier alpha value is -1.65. The van der Waals surface area contributed by atoms with Gasteiger partial charge in [-0.05, 0) is 18.7 Å². The smallest absolute Gasteiger partial charge is 0.171 e. The molecular formula is C19H27N3O. The van der Waals surface area contributed by atoms with Gasteiger partial charge in [0.2, 0.25) is 0 Å². The lowest BCUT2D eigenvalue weighted by Gasteiger charge is -2.31. The predicted octanol–water partition coefficient (Wildman–Crippen LogP) is 2.11. The van der Waals surface area contributed by atoms with Gasteiger partial charge in [0.15, 0.2) is 5.78 Å². The summed E-state index contributed by atoms with van der Waals surface area (Å²) < 4.78 is 0. The molecule has 1 saturated heterocycles. The Morgan fingerprint density at radius 2 is 1.78 bits per heavy atom. The Morgan fingerprint density at radius 3 is 2.43 bits per heavy atom. The van der Waals surface area contributed by atoms with Gasteiger partial charge in [-0.2, -0.15) is 0 Å². The second kappa shape index (κ2) is 6.10. The van der Waals surface area contributed by atoms with E-state index < -0.39 is 0 Å². The van der Waals surface area contributed by atoms with Crippen LogP contribution in [0.2, 0.25) is 0 Å². The van der Waals surface area contributed by atoms with Crippen molar-refractivity contribution in [1.82, 2.24) is 9.80 Å². The van der Waals surface area contributed by atoms with Crippen LogP contribution in [0.15, 0.2) is 36.0 Å². The van der Waals surface area contributed by atoms with E-state index >= 15 is 0 Å². The number of anilines is 1. The SMILES string of the molecule is CN1CCN(CC(=O)/C=C2\N(C)c3ccccc3C2(C)C)CC1. The van der Waals surface area contributed by atoms with Crippen LogP contribution in [0.25, 0.3) is 0 Å². The number of carbonyl (C=O) groups excluding carboxylic acids is 1. The number of rotatable bonds is 3. The molecule has 0 atom stereocenters. The van der Waals surface area contributed by atoms with Crippen LogP contribution < -0.4 is 4.90 Å². The number of carbonyl (C=O) groups is 1. The van der Waals surface area contributed by atoms with E-state index in [-0.39, 0.29) is 11.2 Å². The monoisotopic (exact) mass is 313 g/mol. The summed E-state index contributed by atoms with van der Waals surface area (Å²) in [5.74, 6) is 0.206. The third-order valence-electron chi connectivity index (χ3n) is 5.21. The number of ketones is 1. The Labute approximate surface area is 139 Å². The number of hydrogen-bond acceptors (Lipinski definition) is 4. The first-order chi connectivity index (χ1) is 10.9. The lowest BCUT2D eigenvalue weighted by Crippen LogP contribution is -2.46. The average molecular weight is 313 g/mol. The van der Waals surface area contributed by atoms with Crippen molar-refractivity contribution < 1.29 is 4.79 Å². The number of para-hydroxylation sites is 1. The number of hydrogen-bond donors (Lipinski definition) is 0. The quantitative estimate of drug-likeness (QED) is 0.799. The zero-order valence-corrected chi connectivity index (χ0v) is 14.7. The van der Waals surface area contributed by atoms with Crippen molar-refractivity contribution in [3.63, 3.8) is 0 Å². The fourth-order valence-electron chi connectivity index (χ4n) is 3.68. The molecular weight excluding hydrogens is 286 g/mol. The fourth-order valence-corrected chi connectivity index (χ4v) is 3.68. The number of fused-ring (bicyclic) bond motifs is 1. The Kier molecular flexibility index (Phi) is 4.30. The maximum atomic E-state index is 12.6. The molecule has 1 aromatic rings. The Balaban J connectivity index is 1.76. The van der Waals surface area contributed by atoms with Crippen LogP contribution in [-0.2, 0) is 10.2 Å². The minimum Gasteiger partial charge on any atom is -0.347 e. The summed E-state index contributed by atoms with van der Waals surface area (Å²) in [4.78, 5) is 19.3. The molecule has 3 rings (SSSR count). The molecule has 0 radical (unpaired) electrons. The first-order valence-corrected chi connectivity index (χ1v) is 8.39. The van der Waals surface area contributed by atoms with Gasteiger partial charge in [-0.1, -0.05) is 32.0 Å². The lowest BCUT2D eigenvalue weighted by atomic mass is 9.83. The molecule has 0 amide bonds. The van der Waals surface area contributed by atoms with Crippen molar-refractivity contribution in [2.45, 2.75) is 19.3 Å².